The highest BCUT2D eigenvalue weighted by atomic mass is 16.6. The van der Waals surface area contributed by atoms with E-state index in [0.29, 0.717) is 5.92 Å². The smallest absolute Gasteiger partial charge is 0.408 e. The number of amides is 1. The maximum absolute atomic E-state index is 11.9. The van der Waals surface area contributed by atoms with Gasteiger partial charge in [-0.15, -0.1) is 0 Å². The normalized spacial score (nSPS) is 24.6. The highest BCUT2D eigenvalue weighted by Crippen LogP contribution is 2.42. The van der Waals surface area contributed by atoms with E-state index in [1.165, 1.54) is 0 Å². The van der Waals surface area contributed by atoms with Gasteiger partial charge >= 0.3 is 6.09 Å². The van der Waals surface area contributed by atoms with Crippen molar-refractivity contribution >= 4 is 6.09 Å². The van der Waals surface area contributed by atoms with Crippen LogP contribution in [0.2, 0.25) is 0 Å². The van der Waals surface area contributed by atoms with Crippen molar-refractivity contribution < 1.29 is 14.3 Å². The van der Waals surface area contributed by atoms with Crippen LogP contribution in [-0.4, -0.2) is 36.5 Å². The Hall–Kier alpha value is -0.810. The van der Waals surface area contributed by atoms with Crippen molar-refractivity contribution in [3.63, 3.8) is 0 Å². The molecule has 5 nitrogen and oxygen atoms in total. The number of carbonyl (C=O) groups is 1. The van der Waals surface area contributed by atoms with Crippen LogP contribution in [0.15, 0.2) is 0 Å². The summed E-state index contributed by atoms with van der Waals surface area (Å²) < 4.78 is 10.7. The zero-order valence-corrected chi connectivity index (χ0v) is 12.2. The van der Waals surface area contributed by atoms with E-state index in [1.54, 1.807) is 0 Å². The van der Waals surface area contributed by atoms with Gasteiger partial charge in [0.15, 0.2) is 0 Å². The first-order valence-corrected chi connectivity index (χ1v) is 7.17. The number of rotatable bonds is 3. The van der Waals surface area contributed by atoms with Crippen LogP contribution in [0.5, 0.6) is 0 Å². The molecular weight excluding hydrogens is 244 g/mol. The summed E-state index contributed by atoms with van der Waals surface area (Å²) in [6.45, 7) is 7.15. The van der Waals surface area contributed by atoms with E-state index < -0.39 is 5.60 Å². The number of carbonyl (C=O) groups excluding carboxylic acids is 1. The Kier molecular flexibility index (Phi) is 4.06. The fourth-order valence-electron chi connectivity index (χ4n) is 2.71. The van der Waals surface area contributed by atoms with Crippen molar-refractivity contribution in [2.75, 3.05) is 13.2 Å². The van der Waals surface area contributed by atoms with E-state index in [-0.39, 0.29) is 17.7 Å². The minimum absolute atomic E-state index is 0.00363. The summed E-state index contributed by atoms with van der Waals surface area (Å²) in [7, 11) is 0. The van der Waals surface area contributed by atoms with Crippen molar-refractivity contribution in [3.8, 4) is 0 Å². The number of hydrogen-bond acceptors (Lipinski definition) is 4. The first kappa shape index (κ1) is 14.6. The van der Waals surface area contributed by atoms with Gasteiger partial charge in [0.1, 0.15) is 5.60 Å². The molecular formula is C14H26N2O3. The predicted molar refractivity (Wildman–Crippen MR) is 72.9 cm³/mol. The average Bonchev–Trinajstić information content (AvgIpc) is 3.07. The molecule has 0 aromatic heterocycles. The number of nitrogens with two attached hydrogens (primary N) is 1. The lowest BCUT2D eigenvalue weighted by Gasteiger charge is -2.34. The molecule has 2 rings (SSSR count). The van der Waals surface area contributed by atoms with Crippen molar-refractivity contribution in [1.82, 2.24) is 5.32 Å². The molecule has 110 valence electrons. The quantitative estimate of drug-likeness (QED) is 0.820. The summed E-state index contributed by atoms with van der Waals surface area (Å²) in [4.78, 5) is 11.9. The molecule has 1 unspecified atom stereocenters. The molecule has 0 spiro atoms. The van der Waals surface area contributed by atoms with E-state index in [1.807, 2.05) is 20.8 Å². The summed E-state index contributed by atoms with van der Waals surface area (Å²) in [6.07, 6.45) is 3.51. The van der Waals surface area contributed by atoms with Gasteiger partial charge in [0, 0.05) is 19.3 Å². The Morgan fingerprint density at radius 1 is 1.37 bits per heavy atom. The molecule has 0 aromatic rings. The van der Waals surface area contributed by atoms with Gasteiger partial charge in [0.25, 0.3) is 0 Å². The van der Waals surface area contributed by atoms with E-state index in [9.17, 15) is 4.79 Å². The van der Waals surface area contributed by atoms with Gasteiger partial charge in [-0.3, -0.25) is 0 Å². The number of hydrogen-bond donors (Lipinski definition) is 2. The molecule has 0 bridgehead atoms. The first-order chi connectivity index (χ1) is 8.82. The molecule has 1 saturated carbocycles. The molecule has 1 amide bonds. The largest absolute Gasteiger partial charge is 0.444 e. The lowest BCUT2D eigenvalue weighted by molar-refractivity contribution is 0.0393. The zero-order valence-electron chi connectivity index (χ0n) is 12.2. The highest BCUT2D eigenvalue weighted by Gasteiger charge is 2.52. The summed E-state index contributed by atoms with van der Waals surface area (Å²) >= 11 is 0. The molecule has 19 heavy (non-hydrogen) atoms. The molecule has 3 N–H and O–H groups in total. The fourth-order valence-corrected chi connectivity index (χ4v) is 2.71. The Labute approximate surface area is 115 Å². The standard InChI is InChI=1S/C14H26N2O3/c1-13(2,3)19-12(17)16-14(6-7-14)11(15)10-4-8-18-9-5-10/h10-11H,4-9,15H2,1-3H3,(H,16,17). The van der Waals surface area contributed by atoms with Crippen LogP contribution in [-0.2, 0) is 9.47 Å². The lowest BCUT2D eigenvalue weighted by Crippen LogP contribution is -2.55. The molecule has 0 radical (unpaired) electrons. The van der Waals surface area contributed by atoms with Crippen LogP contribution in [0.1, 0.15) is 46.5 Å². The number of nitrogens with one attached hydrogen (secondary N) is 1. The Morgan fingerprint density at radius 3 is 2.42 bits per heavy atom. The topological polar surface area (TPSA) is 73.6 Å². The zero-order chi connectivity index (χ0) is 14.1. The molecule has 0 aromatic carbocycles. The van der Waals surface area contributed by atoms with E-state index >= 15 is 0 Å². The lowest BCUT2D eigenvalue weighted by atomic mass is 9.86. The van der Waals surface area contributed by atoms with Crippen LogP contribution in [0.4, 0.5) is 4.79 Å². The maximum Gasteiger partial charge on any atom is 0.408 e. The van der Waals surface area contributed by atoms with Gasteiger partial charge in [-0.2, -0.15) is 0 Å². The van der Waals surface area contributed by atoms with E-state index in [0.717, 1.165) is 38.9 Å². The second-order valence-electron chi connectivity index (χ2n) is 6.76. The van der Waals surface area contributed by atoms with Crippen LogP contribution < -0.4 is 11.1 Å². The Balaban J connectivity index is 1.89. The Morgan fingerprint density at radius 2 is 1.95 bits per heavy atom. The molecule has 1 heterocycles. The molecule has 1 aliphatic heterocycles. The predicted octanol–water partition coefficient (Wildman–Crippen LogP) is 1.80. The average molecular weight is 270 g/mol. The molecule has 1 aliphatic carbocycles. The van der Waals surface area contributed by atoms with Crippen molar-refractivity contribution in [1.29, 1.82) is 0 Å². The van der Waals surface area contributed by atoms with E-state index in [4.69, 9.17) is 15.2 Å². The minimum atomic E-state index is -0.469. The molecule has 2 fully saturated rings. The summed E-state index contributed by atoms with van der Waals surface area (Å²) in [5.41, 5.74) is 5.66. The van der Waals surface area contributed by atoms with Gasteiger partial charge in [-0.1, -0.05) is 0 Å². The minimum Gasteiger partial charge on any atom is -0.444 e. The molecule has 2 aliphatic rings. The second-order valence-corrected chi connectivity index (χ2v) is 6.76. The number of alkyl carbamates (subject to hydrolysis) is 1. The third kappa shape index (κ3) is 3.83. The second kappa shape index (κ2) is 5.29. The monoisotopic (exact) mass is 270 g/mol. The van der Waals surface area contributed by atoms with Crippen LogP contribution >= 0.6 is 0 Å². The van der Waals surface area contributed by atoms with Crippen LogP contribution in [0, 0.1) is 5.92 Å². The molecule has 1 atom stereocenters. The summed E-state index contributed by atoms with van der Waals surface area (Å²) in [6, 6.07) is 0.00363. The third-order valence-electron chi connectivity index (χ3n) is 3.95. The molecule has 5 heteroatoms. The van der Waals surface area contributed by atoms with Gasteiger partial charge in [0.05, 0.1) is 5.54 Å². The van der Waals surface area contributed by atoms with E-state index in [2.05, 4.69) is 5.32 Å². The third-order valence-corrected chi connectivity index (χ3v) is 3.95. The van der Waals surface area contributed by atoms with Crippen molar-refractivity contribution in [3.05, 3.63) is 0 Å². The van der Waals surface area contributed by atoms with Gasteiger partial charge in [-0.25, -0.2) is 4.79 Å². The summed E-state index contributed by atoms with van der Waals surface area (Å²) in [5, 5.41) is 2.99. The fraction of sp³-hybridized carbons (Fsp3) is 0.929. The summed E-state index contributed by atoms with van der Waals surface area (Å²) in [5.74, 6) is 0.436. The van der Waals surface area contributed by atoms with Gasteiger partial charge < -0.3 is 20.5 Å². The molecule has 1 saturated heterocycles. The number of ether oxygens (including phenoxy) is 2. The Bertz CT molecular complexity index is 328. The van der Waals surface area contributed by atoms with Crippen LogP contribution in [0.3, 0.4) is 0 Å². The SMILES string of the molecule is CC(C)(C)OC(=O)NC1(C(N)C2CCOCC2)CC1. The van der Waals surface area contributed by atoms with Crippen LogP contribution in [0.25, 0.3) is 0 Å². The first-order valence-electron chi connectivity index (χ1n) is 7.17. The van der Waals surface area contributed by atoms with Crippen molar-refractivity contribution in [2.24, 2.45) is 11.7 Å². The highest BCUT2D eigenvalue weighted by molar-refractivity contribution is 5.69. The van der Waals surface area contributed by atoms with Gasteiger partial charge in [0.2, 0.25) is 0 Å². The van der Waals surface area contributed by atoms with Gasteiger partial charge in [-0.05, 0) is 52.4 Å². The maximum atomic E-state index is 11.9. The van der Waals surface area contributed by atoms with Crippen molar-refractivity contribution in [2.45, 2.75) is 63.6 Å².